The lowest BCUT2D eigenvalue weighted by Crippen LogP contribution is -2.16. The van der Waals surface area contributed by atoms with Gasteiger partial charge in [0, 0.05) is 16.5 Å². The normalized spacial score (nSPS) is 11.4. The highest BCUT2D eigenvalue weighted by Crippen LogP contribution is 2.26. The first kappa shape index (κ1) is 14.1. The first-order valence-corrected chi connectivity index (χ1v) is 6.59. The van der Waals surface area contributed by atoms with Gasteiger partial charge in [-0.05, 0) is 24.3 Å². The molecule has 3 nitrogen and oxygen atoms in total. The molecule has 0 amide bonds. The second-order valence-corrected chi connectivity index (χ2v) is 5.98. The van der Waals surface area contributed by atoms with E-state index in [9.17, 15) is 0 Å². The molecule has 0 aliphatic carbocycles. The fourth-order valence-electron chi connectivity index (χ4n) is 1.41. The minimum absolute atomic E-state index is 0.191. The molecule has 2 rings (SSSR count). The summed E-state index contributed by atoms with van der Waals surface area (Å²) < 4.78 is 5.66. The summed E-state index contributed by atoms with van der Waals surface area (Å²) in [5.74, 6) is 1.72. The van der Waals surface area contributed by atoms with E-state index < -0.39 is 0 Å². The third-order valence-electron chi connectivity index (χ3n) is 2.38. The summed E-state index contributed by atoms with van der Waals surface area (Å²) in [6.07, 6.45) is 0. The number of hydrogen-bond donors (Lipinski definition) is 0. The van der Waals surface area contributed by atoms with E-state index in [1.54, 1.807) is 30.3 Å². The Morgan fingerprint density at radius 2 is 1.63 bits per heavy atom. The van der Waals surface area contributed by atoms with Crippen LogP contribution in [0.1, 0.15) is 26.6 Å². The molecule has 100 valence electrons. The molecular weight excluding hydrogens is 283 g/mol. The van der Waals surface area contributed by atoms with Crippen LogP contribution in [0.5, 0.6) is 11.6 Å². The van der Waals surface area contributed by atoms with Crippen LogP contribution >= 0.6 is 23.2 Å². The summed E-state index contributed by atoms with van der Waals surface area (Å²) in [5, 5.41) is 1.02. The van der Waals surface area contributed by atoms with E-state index in [4.69, 9.17) is 27.9 Å². The summed E-state index contributed by atoms with van der Waals surface area (Å²) in [6, 6.07) is 8.64. The number of ether oxygens (including phenoxy) is 1. The van der Waals surface area contributed by atoms with Gasteiger partial charge in [-0.2, -0.15) is 4.98 Å². The topological polar surface area (TPSA) is 35.0 Å². The Hall–Kier alpha value is -1.32. The van der Waals surface area contributed by atoms with Gasteiger partial charge < -0.3 is 4.74 Å². The van der Waals surface area contributed by atoms with Crippen LogP contribution in [-0.4, -0.2) is 9.97 Å². The van der Waals surface area contributed by atoms with Crippen molar-refractivity contribution in [1.29, 1.82) is 0 Å². The number of nitrogens with zero attached hydrogens (tertiary/aromatic N) is 2. The maximum absolute atomic E-state index is 6.00. The molecule has 0 fully saturated rings. The predicted molar refractivity (Wildman–Crippen MR) is 77.3 cm³/mol. The molecule has 0 aliphatic rings. The van der Waals surface area contributed by atoms with E-state index in [1.165, 1.54) is 0 Å². The lowest BCUT2D eigenvalue weighted by molar-refractivity contribution is 0.446. The predicted octanol–water partition coefficient (Wildman–Crippen LogP) is 4.87. The molecule has 0 aliphatic heterocycles. The van der Waals surface area contributed by atoms with Gasteiger partial charge >= 0.3 is 0 Å². The molecule has 1 heterocycles. The van der Waals surface area contributed by atoms with Crippen molar-refractivity contribution in [2.45, 2.75) is 26.2 Å². The van der Waals surface area contributed by atoms with Crippen LogP contribution in [0.2, 0.25) is 10.2 Å². The first-order chi connectivity index (χ1) is 8.84. The van der Waals surface area contributed by atoms with E-state index >= 15 is 0 Å². The monoisotopic (exact) mass is 296 g/mol. The van der Waals surface area contributed by atoms with Crippen LogP contribution in [0.4, 0.5) is 0 Å². The van der Waals surface area contributed by atoms with E-state index in [-0.39, 0.29) is 5.41 Å². The second kappa shape index (κ2) is 5.35. The average molecular weight is 297 g/mol. The van der Waals surface area contributed by atoms with Gasteiger partial charge in [-0.25, -0.2) is 4.98 Å². The van der Waals surface area contributed by atoms with Crippen molar-refractivity contribution >= 4 is 23.2 Å². The van der Waals surface area contributed by atoms with Crippen molar-refractivity contribution in [3.05, 3.63) is 46.3 Å². The van der Waals surface area contributed by atoms with Gasteiger partial charge in [0.25, 0.3) is 0 Å². The van der Waals surface area contributed by atoms with Crippen molar-refractivity contribution in [2.24, 2.45) is 0 Å². The van der Waals surface area contributed by atoms with Gasteiger partial charge in [0.15, 0.2) is 0 Å². The molecule has 1 aromatic carbocycles. The average Bonchev–Trinajstić information content (AvgIpc) is 2.30. The van der Waals surface area contributed by atoms with Gasteiger partial charge in [0.05, 0.1) is 0 Å². The van der Waals surface area contributed by atoms with Crippen LogP contribution in [0, 0.1) is 0 Å². The Balaban J connectivity index is 2.30. The van der Waals surface area contributed by atoms with Crippen molar-refractivity contribution in [1.82, 2.24) is 9.97 Å². The van der Waals surface area contributed by atoms with Gasteiger partial charge in [-0.15, -0.1) is 0 Å². The van der Waals surface area contributed by atoms with E-state index in [0.29, 0.717) is 27.6 Å². The minimum Gasteiger partial charge on any atom is -0.439 e. The molecule has 2 aromatic rings. The number of rotatable bonds is 2. The van der Waals surface area contributed by atoms with Crippen molar-refractivity contribution in [2.75, 3.05) is 0 Å². The van der Waals surface area contributed by atoms with Crippen molar-refractivity contribution in [3.8, 4) is 11.6 Å². The van der Waals surface area contributed by atoms with Crippen LogP contribution in [0.3, 0.4) is 0 Å². The molecule has 0 saturated heterocycles. The summed E-state index contributed by atoms with van der Waals surface area (Å²) >= 11 is 11.8. The molecule has 19 heavy (non-hydrogen) atoms. The fourth-order valence-corrected chi connectivity index (χ4v) is 1.71. The Labute approximate surface area is 122 Å². The fraction of sp³-hybridized carbons (Fsp3) is 0.286. The SMILES string of the molecule is CC(C)(C)c1nc(Cl)cc(Oc2ccc(Cl)cc2)n1. The van der Waals surface area contributed by atoms with Gasteiger partial charge in [-0.3, -0.25) is 0 Å². The summed E-state index contributed by atoms with van der Waals surface area (Å²) in [7, 11) is 0. The number of halogens is 2. The van der Waals surface area contributed by atoms with E-state index in [2.05, 4.69) is 9.97 Å². The number of aromatic nitrogens is 2. The largest absolute Gasteiger partial charge is 0.439 e. The van der Waals surface area contributed by atoms with Crippen molar-refractivity contribution in [3.63, 3.8) is 0 Å². The molecule has 1 aromatic heterocycles. The Kier molecular flexibility index (Phi) is 3.97. The zero-order valence-electron chi connectivity index (χ0n) is 10.9. The Morgan fingerprint density at radius 1 is 1.00 bits per heavy atom. The zero-order valence-corrected chi connectivity index (χ0v) is 12.5. The van der Waals surface area contributed by atoms with Crippen LogP contribution in [0.25, 0.3) is 0 Å². The van der Waals surface area contributed by atoms with Crippen LogP contribution < -0.4 is 4.74 Å². The highest BCUT2D eigenvalue weighted by atomic mass is 35.5. The second-order valence-electron chi connectivity index (χ2n) is 5.16. The molecule has 0 spiro atoms. The first-order valence-electron chi connectivity index (χ1n) is 5.83. The standard InChI is InChI=1S/C14H14Cl2N2O/c1-14(2,3)13-17-11(16)8-12(18-13)19-10-6-4-9(15)5-7-10/h4-8H,1-3H3. The quantitative estimate of drug-likeness (QED) is 0.741. The highest BCUT2D eigenvalue weighted by molar-refractivity contribution is 6.30. The molecule has 0 atom stereocenters. The third-order valence-corrected chi connectivity index (χ3v) is 2.82. The molecule has 0 radical (unpaired) electrons. The molecule has 0 bridgehead atoms. The van der Waals surface area contributed by atoms with Gasteiger partial charge in [0.1, 0.15) is 16.7 Å². The molecule has 5 heteroatoms. The summed E-state index contributed by atoms with van der Waals surface area (Å²) in [6.45, 7) is 6.06. The third kappa shape index (κ3) is 3.82. The lowest BCUT2D eigenvalue weighted by Gasteiger charge is -2.17. The van der Waals surface area contributed by atoms with Crippen molar-refractivity contribution < 1.29 is 4.74 Å². The molecule has 0 saturated carbocycles. The Bertz CT molecular complexity index is 577. The van der Waals surface area contributed by atoms with E-state index in [0.717, 1.165) is 0 Å². The van der Waals surface area contributed by atoms with Crippen LogP contribution in [-0.2, 0) is 5.41 Å². The molecule has 0 N–H and O–H groups in total. The zero-order chi connectivity index (χ0) is 14.0. The van der Waals surface area contributed by atoms with Gasteiger partial charge in [0.2, 0.25) is 5.88 Å². The highest BCUT2D eigenvalue weighted by Gasteiger charge is 2.19. The molecular formula is C14H14Cl2N2O. The lowest BCUT2D eigenvalue weighted by atomic mass is 9.96. The number of benzene rings is 1. The maximum Gasteiger partial charge on any atom is 0.224 e. The Morgan fingerprint density at radius 3 is 2.21 bits per heavy atom. The summed E-state index contributed by atoms with van der Waals surface area (Å²) in [4.78, 5) is 8.59. The smallest absolute Gasteiger partial charge is 0.224 e. The van der Waals surface area contributed by atoms with E-state index in [1.807, 2.05) is 20.8 Å². The van der Waals surface area contributed by atoms with Gasteiger partial charge in [-0.1, -0.05) is 44.0 Å². The summed E-state index contributed by atoms with van der Waals surface area (Å²) in [5.41, 5.74) is -0.191. The maximum atomic E-state index is 6.00. The number of hydrogen-bond acceptors (Lipinski definition) is 3. The minimum atomic E-state index is -0.191. The van der Waals surface area contributed by atoms with Crippen LogP contribution in [0.15, 0.2) is 30.3 Å². The molecule has 0 unspecified atom stereocenters.